The number of nitrogens with zero attached hydrogens (tertiary/aromatic N) is 3. The maximum atomic E-state index is 13.8. The average Bonchev–Trinajstić information content (AvgIpc) is 3.08. The first-order valence-electron chi connectivity index (χ1n) is 17.3. The fourth-order valence-corrected chi connectivity index (χ4v) is 7.10. The van der Waals surface area contributed by atoms with Gasteiger partial charge in [0.15, 0.2) is 0 Å². The number of hydrogen-bond donors (Lipinski definition) is 2. The van der Waals surface area contributed by atoms with Gasteiger partial charge in [-0.2, -0.15) is 0 Å². The number of fused-ring (bicyclic) bond motifs is 1. The standard InChI is InChI=1S/C32H43ClN4O2.C5H11NO/c1-23(25-7-3-2-4-8-25)36-17-19-37(20-18-36)32(39)30(21-24-11-13-27(33)14-12-24)35-31(38)22-29-28-10-6-5-9-26(28)15-16-34-29;1-4-6(3)5(2)7/h5-6,9-14,23,25,29-30,34H,2-4,7-8,15-22H2,1H3,(H,35,38);4H2,1-3H3. The minimum atomic E-state index is -0.597. The Kier molecular flexibility index (Phi) is 13.9. The quantitative estimate of drug-likeness (QED) is 0.387. The molecule has 0 bridgehead atoms. The predicted molar refractivity (Wildman–Crippen MR) is 186 cm³/mol. The van der Waals surface area contributed by atoms with Crippen LogP contribution < -0.4 is 10.6 Å². The third kappa shape index (κ3) is 10.3. The van der Waals surface area contributed by atoms with Gasteiger partial charge in [0.25, 0.3) is 0 Å². The van der Waals surface area contributed by atoms with Crippen LogP contribution in [0.4, 0.5) is 0 Å². The third-order valence-corrected chi connectivity index (χ3v) is 10.4. The first kappa shape index (κ1) is 35.9. The van der Waals surface area contributed by atoms with E-state index in [-0.39, 0.29) is 23.8 Å². The van der Waals surface area contributed by atoms with Gasteiger partial charge in [0, 0.05) is 76.6 Å². The molecule has 3 aliphatic rings. The van der Waals surface area contributed by atoms with Gasteiger partial charge in [0.05, 0.1) is 0 Å². The minimum Gasteiger partial charge on any atom is -0.346 e. The molecule has 1 saturated heterocycles. The minimum absolute atomic E-state index is 0.0141. The Morgan fingerprint density at radius 2 is 1.67 bits per heavy atom. The SMILES string of the molecule is CC(C1CCCCC1)N1CCN(C(=O)C(Cc2ccc(Cl)cc2)NC(=O)CC2NCCc3ccccc32)CC1.CCN(C)C(C)=O. The second-order valence-electron chi connectivity index (χ2n) is 13.1. The lowest BCUT2D eigenvalue weighted by Crippen LogP contribution is -2.57. The number of carbonyl (C=O) groups excluding carboxylic acids is 3. The van der Waals surface area contributed by atoms with Gasteiger partial charge < -0.3 is 20.4 Å². The summed E-state index contributed by atoms with van der Waals surface area (Å²) in [5.41, 5.74) is 3.47. The molecule has 2 N–H and O–H groups in total. The topological polar surface area (TPSA) is 85.0 Å². The average molecular weight is 652 g/mol. The van der Waals surface area contributed by atoms with Gasteiger partial charge >= 0.3 is 0 Å². The van der Waals surface area contributed by atoms with Crippen LogP contribution in [0.3, 0.4) is 0 Å². The molecular weight excluding hydrogens is 598 g/mol. The van der Waals surface area contributed by atoms with E-state index in [2.05, 4.69) is 40.7 Å². The lowest BCUT2D eigenvalue weighted by molar-refractivity contribution is -0.138. The van der Waals surface area contributed by atoms with Crippen molar-refractivity contribution in [3.63, 3.8) is 0 Å². The Hall–Kier alpha value is -2.94. The number of halogens is 1. The van der Waals surface area contributed by atoms with E-state index in [1.807, 2.05) is 42.2 Å². The zero-order valence-electron chi connectivity index (χ0n) is 28.3. The molecule has 5 rings (SSSR count). The maximum absolute atomic E-state index is 13.8. The second kappa shape index (κ2) is 17.8. The van der Waals surface area contributed by atoms with Gasteiger partial charge in [-0.05, 0) is 74.4 Å². The van der Waals surface area contributed by atoms with E-state index in [1.54, 1.807) is 18.9 Å². The van der Waals surface area contributed by atoms with Crippen molar-refractivity contribution < 1.29 is 14.4 Å². The molecule has 3 amide bonds. The molecule has 46 heavy (non-hydrogen) atoms. The normalized spacial score (nSPS) is 20.0. The molecule has 3 unspecified atom stereocenters. The van der Waals surface area contributed by atoms with Gasteiger partial charge in [-0.1, -0.05) is 67.3 Å². The summed E-state index contributed by atoms with van der Waals surface area (Å²) in [6, 6.07) is 15.8. The third-order valence-electron chi connectivity index (χ3n) is 10.1. The van der Waals surface area contributed by atoms with E-state index in [0.29, 0.717) is 37.0 Å². The number of hydrogen-bond acceptors (Lipinski definition) is 5. The van der Waals surface area contributed by atoms with Gasteiger partial charge in [-0.15, -0.1) is 0 Å². The molecule has 2 aliphatic heterocycles. The number of rotatable bonds is 9. The molecule has 252 valence electrons. The summed E-state index contributed by atoms with van der Waals surface area (Å²) in [7, 11) is 1.78. The smallest absolute Gasteiger partial charge is 0.245 e. The van der Waals surface area contributed by atoms with Crippen molar-refractivity contribution in [1.82, 2.24) is 25.3 Å². The molecule has 2 heterocycles. The highest BCUT2D eigenvalue weighted by molar-refractivity contribution is 6.30. The first-order valence-corrected chi connectivity index (χ1v) is 17.6. The van der Waals surface area contributed by atoms with Crippen molar-refractivity contribution in [2.75, 3.05) is 46.3 Å². The van der Waals surface area contributed by atoms with Crippen LogP contribution in [0.5, 0.6) is 0 Å². The summed E-state index contributed by atoms with van der Waals surface area (Å²) >= 11 is 6.11. The van der Waals surface area contributed by atoms with Crippen LogP contribution in [0.25, 0.3) is 0 Å². The number of nitrogens with one attached hydrogen (secondary N) is 2. The number of piperazine rings is 1. The van der Waals surface area contributed by atoms with Crippen LogP contribution >= 0.6 is 11.6 Å². The van der Waals surface area contributed by atoms with Crippen molar-refractivity contribution in [2.45, 2.75) is 90.3 Å². The van der Waals surface area contributed by atoms with Crippen LogP contribution in [0.2, 0.25) is 5.02 Å². The lowest BCUT2D eigenvalue weighted by Gasteiger charge is -2.42. The molecule has 2 fully saturated rings. The summed E-state index contributed by atoms with van der Waals surface area (Å²) in [5.74, 6) is 0.820. The fourth-order valence-electron chi connectivity index (χ4n) is 6.98. The highest BCUT2D eigenvalue weighted by Crippen LogP contribution is 2.29. The lowest BCUT2D eigenvalue weighted by atomic mass is 9.84. The van der Waals surface area contributed by atoms with Crippen LogP contribution in [0.15, 0.2) is 48.5 Å². The molecule has 0 aromatic heterocycles. The van der Waals surface area contributed by atoms with Crippen LogP contribution in [-0.4, -0.2) is 90.8 Å². The van der Waals surface area contributed by atoms with Crippen LogP contribution in [0.1, 0.15) is 82.0 Å². The number of carbonyl (C=O) groups is 3. The molecule has 0 spiro atoms. The van der Waals surface area contributed by atoms with E-state index < -0.39 is 6.04 Å². The molecule has 1 saturated carbocycles. The Balaban J connectivity index is 0.000000617. The number of amides is 3. The summed E-state index contributed by atoms with van der Waals surface area (Å²) in [6.07, 6.45) is 8.46. The monoisotopic (exact) mass is 651 g/mol. The van der Waals surface area contributed by atoms with Crippen molar-refractivity contribution in [3.8, 4) is 0 Å². The molecule has 3 atom stereocenters. The summed E-state index contributed by atoms with van der Waals surface area (Å²) in [6.45, 7) is 10.7. The van der Waals surface area contributed by atoms with E-state index in [9.17, 15) is 14.4 Å². The van der Waals surface area contributed by atoms with E-state index in [0.717, 1.165) is 44.1 Å². The first-order chi connectivity index (χ1) is 22.2. The van der Waals surface area contributed by atoms with Gasteiger partial charge in [0.1, 0.15) is 6.04 Å². The van der Waals surface area contributed by atoms with Crippen molar-refractivity contribution in [2.24, 2.45) is 5.92 Å². The maximum Gasteiger partial charge on any atom is 0.245 e. The van der Waals surface area contributed by atoms with Crippen LogP contribution in [-0.2, 0) is 27.2 Å². The zero-order valence-corrected chi connectivity index (χ0v) is 29.0. The van der Waals surface area contributed by atoms with Crippen LogP contribution in [0, 0.1) is 5.92 Å². The van der Waals surface area contributed by atoms with Crippen molar-refractivity contribution in [3.05, 3.63) is 70.2 Å². The second-order valence-corrected chi connectivity index (χ2v) is 13.6. The molecule has 8 nitrogen and oxygen atoms in total. The van der Waals surface area contributed by atoms with Gasteiger partial charge in [0.2, 0.25) is 17.7 Å². The molecule has 0 radical (unpaired) electrons. The number of benzene rings is 2. The largest absolute Gasteiger partial charge is 0.346 e. The van der Waals surface area contributed by atoms with E-state index >= 15 is 0 Å². The molecule has 2 aromatic rings. The predicted octanol–water partition coefficient (Wildman–Crippen LogP) is 5.24. The highest BCUT2D eigenvalue weighted by atomic mass is 35.5. The fraction of sp³-hybridized carbons (Fsp3) is 0.595. The van der Waals surface area contributed by atoms with Gasteiger partial charge in [-0.3, -0.25) is 19.3 Å². The summed E-state index contributed by atoms with van der Waals surface area (Å²) in [5, 5.41) is 7.28. The molecule has 2 aromatic carbocycles. The Bertz CT molecular complexity index is 1270. The van der Waals surface area contributed by atoms with E-state index in [1.165, 1.54) is 43.2 Å². The Labute approximate surface area is 281 Å². The Morgan fingerprint density at radius 3 is 2.30 bits per heavy atom. The molecular formula is C37H54ClN5O3. The van der Waals surface area contributed by atoms with Crippen molar-refractivity contribution in [1.29, 1.82) is 0 Å². The highest BCUT2D eigenvalue weighted by Gasteiger charge is 2.33. The Morgan fingerprint density at radius 1 is 1.00 bits per heavy atom. The van der Waals surface area contributed by atoms with Crippen molar-refractivity contribution >= 4 is 29.3 Å². The summed E-state index contributed by atoms with van der Waals surface area (Å²) < 4.78 is 0. The molecule has 9 heteroatoms. The van der Waals surface area contributed by atoms with Gasteiger partial charge in [-0.25, -0.2) is 0 Å². The van der Waals surface area contributed by atoms with E-state index in [4.69, 9.17) is 11.6 Å². The summed E-state index contributed by atoms with van der Waals surface area (Å²) in [4.78, 5) is 43.6. The zero-order chi connectivity index (χ0) is 33.1. The molecule has 1 aliphatic carbocycles.